The van der Waals surface area contributed by atoms with Crippen molar-refractivity contribution in [1.29, 1.82) is 0 Å². The molecule has 2 N–H and O–H groups in total. The Hall–Kier alpha value is -2.14. The molecule has 134 valence electrons. The zero-order valence-electron chi connectivity index (χ0n) is 12.9. The van der Waals surface area contributed by atoms with Gasteiger partial charge >= 0.3 is 6.18 Å². The number of thioether (sulfide) groups is 1. The third-order valence-corrected chi connectivity index (χ3v) is 4.78. The molecule has 1 aromatic carbocycles. The number of nitrogens with one attached hydrogen (secondary N) is 2. The lowest BCUT2D eigenvalue weighted by atomic mass is 10.1. The summed E-state index contributed by atoms with van der Waals surface area (Å²) in [5.41, 5.74) is -1.21. The molecule has 0 saturated carbocycles. The van der Waals surface area contributed by atoms with Gasteiger partial charge in [0, 0.05) is 6.42 Å². The normalized spacial score (nSPS) is 11.2. The molecule has 0 fully saturated rings. The van der Waals surface area contributed by atoms with Crippen molar-refractivity contribution < 1.29 is 22.8 Å². The van der Waals surface area contributed by atoms with Crippen LogP contribution in [-0.2, 0) is 15.8 Å². The van der Waals surface area contributed by atoms with E-state index < -0.39 is 17.6 Å². The standard InChI is InChI=1S/C14H13F3N4O2S2/c1-2-10(22)19-12-20-21-13(25-12)24-7-11(23)18-9-6-4-3-5-8(9)14(15,16)17/h3-6H,2,7H2,1H3,(H,18,23)(H,19,20,22). The van der Waals surface area contributed by atoms with Crippen LogP contribution in [0.5, 0.6) is 0 Å². The second kappa shape index (κ2) is 8.30. The minimum absolute atomic E-state index is 0.136. The van der Waals surface area contributed by atoms with E-state index >= 15 is 0 Å². The van der Waals surface area contributed by atoms with Crippen molar-refractivity contribution in [3.05, 3.63) is 29.8 Å². The molecule has 0 atom stereocenters. The van der Waals surface area contributed by atoms with E-state index in [-0.39, 0.29) is 17.3 Å². The number of nitrogens with zero attached hydrogens (tertiary/aromatic N) is 2. The van der Waals surface area contributed by atoms with E-state index in [9.17, 15) is 22.8 Å². The van der Waals surface area contributed by atoms with Crippen LogP contribution >= 0.6 is 23.1 Å². The Morgan fingerprint density at radius 1 is 1.16 bits per heavy atom. The van der Waals surface area contributed by atoms with Gasteiger partial charge in [-0.25, -0.2) is 0 Å². The van der Waals surface area contributed by atoms with E-state index in [1.54, 1.807) is 6.92 Å². The van der Waals surface area contributed by atoms with Gasteiger partial charge in [-0.05, 0) is 12.1 Å². The zero-order chi connectivity index (χ0) is 18.4. The van der Waals surface area contributed by atoms with Gasteiger partial charge in [0.2, 0.25) is 16.9 Å². The first-order chi connectivity index (χ1) is 11.8. The third-order valence-electron chi connectivity index (χ3n) is 2.81. The molecule has 2 amide bonds. The number of hydrogen-bond donors (Lipinski definition) is 2. The summed E-state index contributed by atoms with van der Waals surface area (Å²) in [5, 5.41) is 12.6. The van der Waals surface area contributed by atoms with E-state index in [4.69, 9.17) is 0 Å². The quantitative estimate of drug-likeness (QED) is 0.581. The first-order valence-electron chi connectivity index (χ1n) is 7.02. The first kappa shape index (κ1) is 19.2. The number of rotatable bonds is 6. The number of para-hydroxylation sites is 1. The second-order valence-electron chi connectivity index (χ2n) is 4.66. The number of halogens is 3. The Bertz CT molecular complexity index is 765. The van der Waals surface area contributed by atoms with Gasteiger partial charge in [0.15, 0.2) is 4.34 Å². The number of benzene rings is 1. The third kappa shape index (κ3) is 5.71. The molecular formula is C14H13F3N4O2S2. The summed E-state index contributed by atoms with van der Waals surface area (Å²) in [5.74, 6) is -0.951. The highest BCUT2D eigenvalue weighted by Gasteiger charge is 2.33. The highest BCUT2D eigenvalue weighted by molar-refractivity contribution is 8.01. The van der Waals surface area contributed by atoms with Gasteiger partial charge in [0.05, 0.1) is 17.0 Å². The van der Waals surface area contributed by atoms with Gasteiger partial charge < -0.3 is 10.6 Å². The van der Waals surface area contributed by atoms with Crippen LogP contribution in [-0.4, -0.2) is 27.8 Å². The van der Waals surface area contributed by atoms with Crippen LogP contribution in [0.3, 0.4) is 0 Å². The van der Waals surface area contributed by atoms with Crippen molar-refractivity contribution in [2.24, 2.45) is 0 Å². The monoisotopic (exact) mass is 390 g/mol. The number of alkyl halides is 3. The summed E-state index contributed by atoms with van der Waals surface area (Å²) < 4.78 is 39.1. The van der Waals surface area contributed by atoms with Crippen LogP contribution in [0.1, 0.15) is 18.9 Å². The van der Waals surface area contributed by atoms with Crippen molar-refractivity contribution in [2.75, 3.05) is 16.4 Å². The topological polar surface area (TPSA) is 84.0 Å². The lowest BCUT2D eigenvalue weighted by Gasteiger charge is -2.13. The Labute approximate surface area is 149 Å². The number of amides is 2. The molecule has 0 radical (unpaired) electrons. The molecule has 1 aromatic heterocycles. The van der Waals surface area contributed by atoms with E-state index in [2.05, 4.69) is 20.8 Å². The smallest absolute Gasteiger partial charge is 0.325 e. The minimum Gasteiger partial charge on any atom is -0.325 e. The molecule has 0 saturated heterocycles. The van der Waals surface area contributed by atoms with Gasteiger partial charge in [-0.15, -0.1) is 10.2 Å². The summed E-state index contributed by atoms with van der Waals surface area (Å²) in [4.78, 5) is 23.1. The van der Waals surface area contributed by atoms with Crippen LogP contribution in [0.15, 0.2) is 28.6 Å². The van der Waals surface area contributed by atoms with Gasteiger partial charge in [-0.1, -0.05) is 42.2 Å². The number of carbonyl (C=O) groups excluding carboxylic acids is 2. The van der Waals surface area contributed by atoms with Gasteiger partial charge in [-0.3, -0.25) is 9.59 Å². The van der Waals surface area contributed by atoms with Crippen molar-refractivity contribution >= 4 is 45.7 Å². The molecule has 11 heteroatoms. The predicted octanol–water partition coefficient (Wildman–Crippen LogP) is 3.64. The molecule has 1 heterocycles. The molecule has 0 aliphatic rings. The van der Waals surface area contributed by atoms with E-state index in [1.807, 2.05) is 0 Å². The molecule has 6 nitrogen and oxygen atoms in total. The second-order valence-corrected chi connectivity index (χ2v) is 6.86. The maximum atomic E-state index is 12.9. The van der Waals surface area contributed by atoms with Crippen LogP contribution < -0.4 is 10.6 Å². The highest BCUT2D eigenvalue weighted by Crippen LogP contribution is 2.34. The van der Waals surface area contributed by atoms with Gasteiger partial charge in [-0.2, -0.15) is 13.2 Å². The Balaban J connectivity index is 1.93. The molecule has 2 aromatic rings. The largest absolute Gasteiger partial charge is 0.418 e. The van der Waals surface area contributed by atoms with Crippen molar-refractivity contribution in [3.63, 3.8) is 0 Å². The van der Waals surface area contributed by atoms with Gasteiger partial charge in [0.25, 0.3) is 0 Å². The summed E-state index contributed by atoms with van der Waals surface area (Å²) in [6.07, 6.45) is -4.26. The molecular weight excluding hydrogens is 377 g/mol. The van der Waals surface area contributed by atoms with Crippen LogP contribution in [0.25, 0.3) is 0 Å². The number of aromatic nitrogens is 2. The molecule has 2 rings (SSSR count). The SMILES string of the molecule is CCC(=O)Nc1nnc(SCC(=O)Nc2ccccc2C(F)(F)F)s1. The fraction of sp³-hybridized carbons (Fsp3) is 0.286. The van der Waals surface area contributed by atoms with Crippen molar-refractivity contribution in [1.82, 2.24) is 10.2 Å². The van der Waals surface area contributed by atoms with E-state index in [1.165, 1.54) is 18.2 Å². The lowest BCUT2D eigenvalue weighted by Crippen LogP contribution is -2.18. The Kier molecular flexibility index (Phi) is 6.37. The van der Waals surface area contributed by atoms with Crippen LogP contribution in [0.4, 0.5) is 24.0 Å². The zero-order valence-corrected chi connectivity index (χ0v) is 14.5. The van der Waals surface area contributed by atoms with Crippen molar-refractivity contribution in [3.8, 4) is 0 Å². The highest BCUT2D eigenvalue weighted by atomic mass is 32.2. The average molecular weight is 390 g/mol. The fourth-order valence-corrected chi connectivity index (χ4v) is 3.25. The summed E-state index contributed by atoms with van der Waals surface area (Å²) in [7, 11) is 0. The van der Waals surface area contributed by atoms with Crippen molar-refractivity contribution in [2.45, 2.75) is 23.9 Å². The fourth-order valence-electron chi connectivity index (χ4n) is 1.68. The lowest BCUT2D eigenvalue weighted by molar-refractivity contribution is -0.137. The van der Waals surface area contributed by atoms with Crippen LogP contribution in [0, 0.1) is 0 Å². The van der Waals surface area contributed by atoms with E-state index in [0.717, 1.165) is 29.2 Å². The Morgan fingerprint density at radius 2 is 1.88 bits per heavy atom. The molecule has 0 aliphatic heterocycles. The van der Waals surface area contributed by atoms with E-state index in [0.29, 0.717) is 15.9 Å². The average Bonchev–Trinajstić information content (AvgIpc) is 2.99. The molecule has 0 aliphatic carbocycles. The molecule has 0 unspecified atom stereocenters. The first-order valence-corrected chi connectivity index (χ1v) is 8.82. The molecule has 0 spiro atoms. The maximum absolute atomic E-state index is 12.9. The summed E-state index contributed by atoms with van der Waals surface area (Å²) in [6, 6.07) is 4.75. The number of anilines is 2. The molecule has 25 heavy (non-hydrogen) atoms. The number of carbonyl (C=O) groups is 2. The number of hydrogen-bond acceptors (Lipinski definition) is 6. The predicted molar refractivity (Wildman–Crippen MR) is 89.6 cm³/mol. The minimum atomic E-state index is -4.55. The maximum Gasteiger partial charge on any atom is 0.418 e. The Morgan fingerprint density at radius 3 is 2.56 bits per heavy atom. The molecule has 0 bridgehead atoms. The summed E-state index contributed by atoms with van der Waals surface area (Å²) in [6.45, 7) is 1.69. The van der Waals surface area contributed by atoms with Crippen LogP contribution in [0.2, 0.25) is 0 Å². The summed E-state index contributed by atoms with van der Waals surface area (Å²) >= 11 is 2.10. The van der Waals surface area contributed by atoms with Gasteiger partial charge in [0.1, 0.15) is 0 Å².